The largest absolute Gasteiger partial charge is 0.388 e. The Hall–Kier alpha value is -1.86. The van der Waals surface area contributed by atoms with E-state index >= 15 is 0 Å². The second kappa shape index (κ2) is 8.44. The highest BCUT2D eigenvalue weighted by molar-refractivity contribution is 7.10. The van der Waals surface area contributed by atoms with Crippen LogP contribution in [-0.4, -0.2) is 46.7 Å². The first-order valence-corrected chi connectivity index (χ1v) is 10.1. The molecule has 1 fully saturated rings. The number of amides is 3. The molecule has 0 spiro atoms. The predicted octanol–water partition coefficient (Wildman–Crippen LogP) is 3.06. The van der Waals surface area contributed by atoms with Crippen molar-refractivity contribution in [3.05, 3.63) is 35.0 Å². The van der Waals surface area contributed by atoms with Gasteiger partial charge in [-0.2, -0.15) is 0 Å². The molecule has 0 saturated carbocycles. The van der Waals surface area contributed by atoms with Gasteiger partial charge in [0.2, 0.25) is 5.91 Å². The molecule has 1 aromatic rings. The molecule has 0 radical (unpaired) electrons. The van der Waals surface area contributed by atoms with Crippen LogP contribution in [0.5, 0.6) is 0 Å². The van der Waals surface area contributed by atoms with Gasteiger partial charge in [-0.3, -0.25) is 4.79 Å². The summed E-state index contributed by atoms with van der Waals surface area (Å²) >= 11 is 1.51. The molecule has 7 heteroatoms. The number of nitrogens with one attached hydrogen (secondary N) is 2. The molecule has 1 aromatic heterocycles. The minimum absolute atomic E-state index is 0.123. The van der Waals surface area contributed by atoms with Gasteiger partial charge in [0.05, 0.1) is 17.7 Å². The highest BCUT2D eigenvalue weighted by Gasteiger charge is 2.48. The Balaban J connectivity index is 2.33. The Labute approximate surface area is 165 Å². The van der Waals surface area contributed by atoms with E-state index in [9.17, 15) is 14.7 Å². The smallest absolute Gasteiger partial charge is 0.318 e. The molecule has 0 bridgehead atoms. The zero-order chi connectivity index (χ0) is 20.2. The summed E-state index contributed by atoms with van der Waals surface area (Å²) in [5.41, 5.74) is -1.28. The van der Waals surface area contributed by atoms with Gasteiger partial charge in [0.1, 0.15) is 0 Å². The van der Waals surface area contributed by atoms with Crippen LogP contribution in [0.1, 0.15) is 51.5 Å². The van der Waals surface area contributed by atoms with E-state index in [0.29, 0.717) is 25.9 Å². The molecule has 1 aliphatic heterocycles. The topological polar surface area (TPSA) is 81.7 Å². The number of rotatable bonds is 5. The maximum atomic E-state index is 12.7. The first kappa shape index (κ1) is 21.4. The number of carbonyl (C=O) groups is 2. The first-order valence-electron chi connectivity index (χ1n) is 9.26. The molecule has 1 aliphatic rings. The Bertz CT molecular complexity index is 665. The minimum atomic E-state index is -1.11. The van der Waals surface area contributed by atoms with Crippen molar-refractivity contribution in [2.75, 3.05) is 13.1 Å². The Kier molecular flexibility index (Phi) is 6.70. The highest BCUT2D eigenvalue weighted by atomic mass is 32.1. The van der Waals surface area contributed by atoms with E-state index in [1.165, 1.54) is 11.3 Å². The lowest BCUT2D eigenvalue weighted by molar-refractivity contribution is -0.129. The summed E-state index contributed by atoms with van der Waals surface area (Å²) in [6.07, 6.45) is 2.36. The number of urea groups is 1. The van der Waals surface area contributed by atoms with Crippen LogP contribution in [0.15, 0.2) is 30.2 Å². The Morgan fingerprint density at radius 3 is 2.74 bits per heavy atom. The number of carbonyl (C=O) groups excluding carboxylic acids is 2. The zero-order valence-corrected chi connectivity index (χ0v) is 17.4. The number of hydrogen-bond acceptors (Lipinski definition) is 4. The van der Waals surface area contributed by atoms with Crippen LogP contribution >= 0.6 is 11.3 Å². The number of nitrogens with zero attached hydrogens (tertiary/aromatic N) is 1. The first-order chi connectivity index (χ1) is 12.5. The summed E-state index contributed by atoms with van der Waals surface area (Å²) < 4.78 is 0. The second-order valence-electron chi connectivity index (χ2n) is 8.52. The van der Waals surface area contributed by atoms with Crippen molar-refractivity contribution in [3.8, 4) is 0 Å². The van der Waals surface area contributed by atoms with Crippen molar-refractivity contribution in [3.63, 3.8) is 0 Å². The van der Waals surface area contributed by atoms with Crippen molar-refractivity contribution >= 4 is 23.3 Å². The van der Waals surface area contributed by atoms with Crippen LogP contribution < -0.4 is 10.6 Å². The van der Waals surface area contributed by atoms with E-state index < -0.39 is 17.7 Å². The van der Waals surface area contributed by atoms with Gasteiger partial charge in [0.15, 0.2) is 0 Å². The fourth-order valence-corrected chi connectivity index (χ4v) is 4.24. The third-order valence-corrected chi connectivity index (χ3v) is 5.62. The van der Waals surface area contributed by atoms with Crippen molar-refractivity contribution in [2.24, 2.45) is 5.41 Å². The van der Waals surface area contributed by atoms with Gasteiger partial charge in [0.25, 0.3) is 0 Å². The molecule has 3 unspecified atom stereocenters. The van der Waals surface area contributed by atoms with E-state index in [4.69, 9.17) is 0 Å². The monoisotopic (exact) mass is 393 g/mol. The molecule has 1 saturated heterocycles. The van der Waals surface area contributed by atoms with Gasteiger partial charge in [0, 0.05) is 24.4 Å². The standard InChI is InChI=1S/C20H31N3O3S/c1-6-10-21-18(25)23-11-9-20(5,26)17(16(23)14-8-7-12-27-14)22-15(24)13-19(2,3)4/h6-8,12,16-17,26H,1,9-11,13H2,2-5H3,(H,21,25)(H,22,24). The number of aliphatic hydroxyl groups is 1. The van der Waals surface area contributed by atoms with Crippen molar-refractivity contribution in [1.82, 2.24) is 15.5 Å². The lowest BCUT2D eigenvalue weighted by atomic mass is 9.81. The molecule has 2 heterocycles. The number of thiophene rings is 1. The van der Waals surface area contributed by atoms with Gasteiger partial charge in [-0.1, -0.05) is 32.9 Å². The van der Waals surface area contributed by atoms with E-state index in [2.05, 4.69) is 17.2 Å². The quantitative estimate of drug-likeness (QED) is 0.673. The number of hydrogen-bond donors (Lipinski definition) is 3. The van der Waals surface area contributed by atoms with Crippen LogP contribution in [-0.2, 0) is 4.79 Å². The fourth-order valence-electron chi connectivity index (χ4n) is 3.37. The Morgan fingerprint density at radius 1 is 1.48 bits per heavy atom. The highest BCUT2D eigenvalue weighted by Crippen LogP contribution is 2.39. The van der Waals surface area contributed by atoms with Gasteiger partial charge >= 0.3 is 6.03 Å². The van der Waals surface area contributed by atoms with E-state index in [1.807, 2.05) is 38.3 Å². The summed E-state index contributed by atoms with van der Waals surface area (Å²) in [6, 6.07) is 2.61. The molecule has 6 nitrogen and oxygen atoms in total. The molecule has 27 heavy (non-hydrogen) atoms. The molecule has 150 valence electrons. The van der Waals surface area contributed by atoms with Gasteiger partial charge in [-0.05, 0) is 30.2 Å². The van der Waals surface area contributed by atoms with Crippen LogP contribution in [0.2, 0.25) is 0 Å². The molecule has 0 aliphatic carbocycles. The average molecular weight is 394 g/mol. The van der Waals surface area contributed by atoms with Crippen molar-refractivity contribution in [1.29, 1.82) is 0 Å². The molecular formula is C20H31N3O3S. The summed E-state index contributed by atoms with van der Waals surface area (Å²) in [5.74, 6) is -0.123. The second-order valence-corrected chi connectivity index (χ2v) is 9.50. The maximum absolute atomic E-state index is 12.7. The van der Waals surface area contributed by atoms with Crippen molar-refractivity contribution < 1.29 is 14.7 Å². The lowest BCUT2D eigenvalue weighted by Gasteiger charge is -2.48. The van der Waals surface area contributed by atoms with Crippen LogP contribution in [0.4, 0.5) is 4.79 Å². The third-order valence-electron chi connectivity index (χ3n) is 4.68. The fraction of sp³-hybridized carbons (Fsp3) is 0.600. The predicted molar refractivity (Wildman–Crippen MR) is 109 cm³/mol. The van der Waals surface area contributed by atoms with Gasteiger partial charge in [-0.15, -0.1) is 17.9 Å². The van der Waals surface area contributed by atoms with Crippen molar-refractivity contribution in [2.45, 2.75) is 58.2 Å². The molecule has 3 N–H and O–H groups in total. The van der Waals surface area contributed by atoms with E-state index in [1.54, 1.807) is 17.9 Å². The zero-order valence-electron chi connectivity index (χ0n) is 16.6. The Morgan fingerprint density at radius 2 is 2.19 bits per heavy atom. The van der Waals surface area contributed by atoms with Gasteiger partial charge in [-0.25, -0.2) is 4.79 Å². The van der Waals surface area contributed by atoms with Gasteiger partial charge < -0.3 is 20.6 Å². The molecule has 3 atom stereocenters. The third kappa shape index (κ3) is 5.56. The van der Waals surface area contributed by atoms with Crippen LogP contribution in [0, 0.1) is 5.41 Å². The van der Waals surface area contributed by atoms with E-state index in [-0.39, 0.29) is 17.4 Å². The summed E-state index contributed by atoms with van der Waals surface area (Å²) in [7, 11) is 0. The summed E-state index contributed by atoms with van der Waals surface area (Å²) in [5, 5.41) is 18.8. The van der Waals surface area contributed by atoms with Crippen LogP contribution in [0.3, 0.4) is 0 Å². The maximum Gasteiger partial charge on any atom is 0.318 e. The normalized spacial score (nSPS) is 25.7. The minimum Gasteiger partial charge on any atom is -0.388 e. The molecule has 2 rings (SSSR count). The molecule has 0 aromatic carbocycles. The average Bonchev–Trinajstić information content (AvgIpc) is 3.06. The summed E-state index contributed by atoms with van der Waals surface area (Å²) in [4.78, 5) is 28.0. The number of piperidine rings is 1. The van der Waals surface area contributed by atoms with Crippen LogP contribution in [0.25, 0.3) is 0 Å². The molecule has 3 amide bonds. The summed E-state index contributed by atoms with van der Waals surface area (Å²) in [6.45, 7) is 12.1. The SMILES string of the molecule is C=CCNC(=O)N1CCC(C)(O)C(NC(=O)CC(C)(C)C)C1c1cccs1. The van der Waals surface area contributed by atoms with E-state index in [0.717, 1.165) is 4.88 Å². The number of likely N-dealkylation sites (tertiary alicyclic amines) is 1. The molecular weight excluding hydrogens is 362 g/mol. The lowest BCUT2D eigenvalue weighted by Crippen LogP contribution is -2.64.